The molecule has 5 nitrogen and oxygen atoms in total. The van der Waals surface area contributed by atoms with Crippen molar-refractivity contribution in [2.24, 2.45) is 4.99 Å². The van der Waals surface area contributed by atoms with Crippen molar-refractivity contribution in [3.8, 4) is 0 Å². The number of rotatable bonds is 4. The summed E-state index contributed by atoms with van der Waals surface area (Å²) in [4.78, 5) is 28.1. The van der Waals surface area contributed by atoms with E-state index in [2.05, 4.69) is 31.6 Å². The SMILES string of the molecule is O=C(CC1SC(=Nc2ccccc2C(F)(F)F)NC1=O)Nc1ccc(Br)cc1. The molecular formula is C18H13BrF3N3O2S. The number of hydrogen-bond donors (Lipinski definition) is 2. The Morgan fingerprint density at radius 1 is 1.18 bits per heavy atom. The average Bonchev–Trinajstić information content (AvgIpc) is 2.95. The predicted molar refractivity (Wildman–Crippen MR) is 105 cm³/mol. The van der Waals surface area contributed by atoms with E-state index in [-0.39, 0.29) is 23.2 Å². The molecule has 1 fully saturated rings. The Balaban J connectivity index is 1.68. The molecule has 28 heavy (non-hydrogen) atoms. The monoisotopic (exact) mass is 471 g/mol. The lowest BCUT2D eigenvalue weighted by Gasteiger charge is -2.09. The zero-order chi connectivity index (χ0) is 20.3. The van der Waals surface area contributed by atoms with Gasteiger partial charge in [0.25, 0.3) is 0 Å². The molecule has 0 spiro atoms. The van der Waals surface area contributed by atoms with Gasteiger partial charge in [0.1, 0.15) is 5.25 Å². The lowest BCUT2D eigenvalue weighted by molar-refractivity contribution is -0.137. The summed E-state index contributed by atoms with van der Waals surface area (Å²) in [5.41, 5.74) is -0.615. The van der Waals surface area contributed by atoms with Crippen molar-refractivity contribution < 1.29 is 22.8 Å². The van der Waals surface area contributed by atoms with Gasteiger partial charge in [0.15, 0.2) is 5.17 Å². The quantitative estimate of drug-likeness (QED) is 0.677. The number of anilines is 1. The number of benzene rings is 2. The maximum atomic E-state index is 13.1. The van der Waals surface area contributed by atoms with Crippen LogP contribution >= 0.6 is 27.7 Å². The van der Waals surface area contributed by atoms with Crippen LogP contribution in [0.1, 0.15) is 12.0 Å². The number of amides is 2. The highest BCUT2D eigenvalue weighted by Gasteiger charge is 2.35. The minimum Gasteiger partial charge on any atom is -0.326 e. The number of thioether (sulfide) groups is 1. The Labute approximate surface area is 170 Å². The molecule has 2 aromatic carbocycles. The maximum Gasteiger partial charge on any atom is 0.418 e. The minimum atomic E-state index is -4.56. The first kappa shape index (κ1) is 20.4. The lowest BCUT2D eigenvalue weighted by atomic mass is 10.2. The van der Waals surface area contributed by atoms with Crippen molar-refractivity contribution in [2.75, 3.05) is 5.32 Å². The van der Waals surface area contributed by atoms with Crippen LogP contribution in [-0.2, 0) is 15.8 Å². The Morgan fingerprint density at radius 2 is 1.86 bits per heavy atom. The van der Waals surface area contributed by atoms with Gasteiger partial charge in [-0.3, -0.25) is 9.59 Å². The van der Waals surface area contributed by atoms with Crippen molar-refractivity contribution in [1.29, 1.82) is 0 Å². The Morgan fingerprint density at radius 3 is 2.54 bits per heavy atom. The Kier molecular flexibility index (Phi) is 6.09. The molecule has 0 aromatic heterocycles. The number of aliphatic imine (C=N–C) groups is 1. The highest BCUT2D eigenvalue weighted by atomic mass is 79.9. The topological polar surface area (TPSA) is 70.6 Å². The van der Waals surface area contributed by atoms with Crippen molar-refractivity contribution >= 4 is 56.0 Å². The molecule has 0 aliphatic carbocycles. The number of carbonyl (C=O) groups excluding carboxylic acids is 2. The number of amidine groups is 1. The fourth-order valence-corrected chi connectivity index (χ4v) is 3.67. The van der Waals surface area contributed by atoms with E-state index in [1.165, 1.54) is 18.2 Å². The van der Waals surface area contributed by atoms with Gasteiger partial charge in [-0.05, 0) is 36.4 Å². The number of alkyl halides is 3. The summed E-state index contributed by atoms with van der Waals surface area (Å²) >= 11 is 4.22. The summed E-state index contributed by atoms with van der Waals surface area (Å²) in [6.07, 6.45) is -4.69. The number of halogens is 4. The highest BCUT2D eigenvalue weighted by molar-refractivity contribution is 9.10. The van der Waals surface area contributed by atoms with Crippen molar-refractivity contribution in [3.05, 3.63) is 58.6 Å². The first-order chi connectivity index (χ1) is 13.2. The first-order valence-corrected chi connectivity index (χ1v) is 9.67. The molecule has 1 unspecified atom stereocenters. The van der Waals surface area contributed by atoms with Gasteiger partial charge in [0.2, 0.25) is 11.8 Å². The third-order valence-electron chi connectivity index (χ3n) is 3.71. The van der Waals surface area contributed by atoms with Crippen LogP contribution in [-0.4, -0.2) is 22.2 Å². The molecule has 10 heteroatoms. The molecule has 146 valence electrons. The molecule has 1 aliphatic rings. The molecule has 1 saturated heterocycles. The van der Waals surface area contributed by atoms with Crippen LogP contribution in [0.2, 0.25) is 0 Å². The van der Waals surface area contributed by atoms with Crippen molar-refractivity contribution in [1.82, 2.24) is 5.32 Å². The Bertz CT molecular complexity index is 932. The molecule has 3 rings (SSSR count). The third kappa shape index (κ3) is 5.14. The molecule has 0 bridgehead atoms. The van der Waals surface area contributed by atoms with Crippen LogP contribution in [0.15, 0.2) is 58.0 Å². The first-order valence-electron chi connectivity index (χ1n) is 8.00. The van der Waals surface area contributed by atoms with Gasteiger partial charge >= 0.3 is 6.18 Å². The summed E-state index contributed by atoms with van der Waals surface area (Å²) in [6, 6.07) is 11.8. The minimum absolute atomic E-state index is 0.0307. The van der Waals surface area contributed by atoms with Crippen LogP contribution < -0.4 is 10.6 Å². The van der Waals surface area contributed by atoms with E-state index in [1.54, 1.807) is 24.3 Å². The van der Waals surface area contributed by atoms with E-state index < -0.39 is 22.9 Å². The summed E-state index contributed by atoms with van der Waals surface area (Å²) in [6.45, 7) is 0. The van der Waals surface area contributed by atoms with Gasteiger partial charge in [-0.2, -0.15) is 13.2 Å². The van der Waals surface area contributed by atoms with Crippen LogP contribution in [0, 0.1) is 0 Å². The molecule has 1 heterocycles. The summed E-state index contributed by atoms with van der Waals surface area (Å²) in [7, 11) is 0. The molecule has 2 amide bonds. The van der Waals surface area contributed by atoms with Crippen LogP contribution in [0.5, 0.6) is 0 Å². The second-order valence-corrected chi connectivity index (χ2v) is 7.89. The zero-order valence-corrected chi connectivity index (χ0v) is 16.5. The largest absolute Gasteiger partial charge is 0.418 e. The van der Waals surface area contributed by atoms with Crippen LogP contribution in [0.25, 0.3) is 0 Å². The molecule has 1 aliphatic heterocycles. The van der Waals surface area contributed by atoms with Gasteiger partial charge < -0.3 is 10.6 Å². The van der Waals surface area contributed by atoms with Crippen LogP contribution in [0.4, 0.5) is 24.5 Å². The van der Waals surface area contributed by atoms with Gasteiger partial charge in [-0.15, -0.1) is 0 Å². The fourth-order valence-electron chi connectivity index (χ4n) is 2.43. The molecule has 2 N–H and O–H groups in total. The second-order valence-electron chi connectivity index (χ2n) is 5.79. The lowest BCUT2D eigenvalue weighted by Crippen LogP contribution is -2.28. The predicted octanol–water partition coefficient (Wildman–Crippen LogP) is 4.72. The number of carbonyl (C=O) groups is 2. The molecule has 0 saturated carbocycles. The number of nitrogens with one attached hydrogen (secondary N) is 2. The maximum absolute atomic E-state index is 13.1. The van der Waals surface area contributed by atoms with E-state index in [4.69, 9.17) is 0 Å². The van der Waals surface area contributed by atoms with Gasteiger partial charge in [-0.1, -0.05) is 39.8 Å². The second kappa shape index (κ2) is 8.36. The van der Waals surface area contributed by atoms with E-state index in [1.807, 2.05) is 0 Å². The van der Waals surface area contributed by atoms with E-state index in [9.17, 15) is 22.8 Å². The van der Waals surface area contributed by atoms with E-state index in [0.717, 1.165) is 22.3 Å². The number of para-hydroxylation sites is 1. The van der Waals surface area contributed by atoms with Crippen molar-refractivity contribution in [2.45, 2.75) is 17.8 Å². The molecular weight excluding hydrogens is 459 g/mol. The van der Waals surface area contributed by atoms with Gasteiger partial charge in [0, 0.05) is 16.6 Å². The molecule has 1 atom stereocenters. The van der Waals surface area contributed by atoms with E-state index >= 15 is 0 Å². The van der Waals surface area contributed by atoms with Gasteiger partial charge in [-0.25, -0.2) is 4.99 Å². The van der Waals surface area contributed by atoms with Crippen LogP contribution in [0.3, 0.4) is 0 Å². The number of nitrogens with zero attached hydrogens (tertiary/aromatic N) is 1. The number of hydrogen-bond acceptors (Lipinski definition) is 4. The Hall–Kier alpha value is -2.33. The average molecular weight is 472 g/mol. The highest BCUT2D eigenvalue weighted by Crippen LogP contribution is 2.37. The zero-order valence-electron chi connectivity index (χ0n) is 14.1. The van der Waals surface area contributed by atoms with Crippen molar-refractivity contribution in [3.63, 3.8) is 0 Å². The summed E-state index contributed by atoms with van der Waals surface area (Å²) < 4.78 is 40.0. The standard InChI is InChI=1S/C18H13BrF3N3O2S/c19-10-5-7-11(8-6-10)23-15(26)9-14-16(27)25-17(28-14)24-13-4-2-1-3-12(13)18(20,21)22/h1-8,14H,9H2,(H,23,26)(H,24,25,27). The normalized spacial score (nSPS) is 18.2. The van der Waals surface area contributed by atoms with E-state index in [0.29, 0.717) is 5.69 Å². The molecule has 0 radical (unpaired) electrons. The summed E-state index contributed by atoms with van der Waals surface area (Å²) in [5.74, 6) is -0.855. The fraction of sp³-hybridized carbons (Fsp3) is 0.167. The smallest absolute Gasteiger partial charge is 0.326 e. The summed E-state index contributed by atoms with van der Waals surface area (Å²) in [5, 5.41) is 4.36. The molecule has 2 aromatic rings. The van der Waals surface area contributed by atoms with Gasteiger partial charge in [0.05, 0.1) is 11.3 Å². The third-order valence-corrected chi connectivity index (χ3v) is 5.32.